The molecular weight excluding hydrogens is 330 g/mol. The summed E-state index contributed by atoms with van der Waals surface area (Å²) >= 11 is 3.46. The fourth-order valence-corrected chi connectivity index (χ4v) is 2.73. The molecule has 0 radical (unpaired) electrons. The van der Waals surface area contributed by atoms with E-state index in [9.17, 15) is 0 Å². The Morgan fingerprint density at radius 3 is 2.95 bits per heavy atom. The second-order valence-corrected chi connectivity index (χ2v) is 6.12. The molecule has 1 N–H and O–H groups in total. The van der Waals surface area contributed by atoms with Crippen LogP contribution >= 0.6 is 15.9 Å². The van der Waals surface area contributed by atoms with E-state index in [0.717, 1.165) is 28.8 Å². The van der Waals surface area contributed by atoms with Gasteiger partial charge in [0.2, 0.25) is 0 Å². The lowest BCUT2D eigenvalue weighted by molar-refractivity contribution is 0.673. The number of nitrogens with one attached hydrogen (secondary N) is 1. The highest BCUT2D eigenvalue weighted by Crippen LogP contribution is 2.17. The minimum Gasteiger partial charge on any atom is -0.367 e. The highest BCUT2D eigenvalue weighted by molar-refractivity contribution is 9.10. The van der Waals surface area contributed by atoms with Gasteiger partial charge in [-0.3, -0.25) is 0 Å². The number of anilines is 1. The van der Waals surface area contributed by atoms with Crippen LogP contribution in [0.5, 0.6) is 0 Å². The van der Waals surface area contributed by atoms with Crippen LogP contribution in [-0.4, -0.2) is 25.2 Å². The zero-order valence-electron chi connectivity index (χ0n) is 12.1. The molecule has 0 aliphatic carbocycles. The van der Waals surface area contributed by atoms with Gasteiger partial charge in [0.05, 0.1) is 10.7 Å². The Morgan fingerprint density at radius 2 is 2.19 bits per heavy atom. The van der Waals surface area contributed by atoms with Crippen molar-refractivity contribution in [3.8, 4) is 0 Å². The first kappa shape index (κ1) is 14.1. The van der Waals surface area contributed by atoms with E-state index in [1.807, 2.05) is 12.3 Å². The number of hydrogen-bond donors (Lipinski definition) is 1. The molecule has 6 heteroatoms. The minimum absolute atomic E-state index is 0.358. The van der Waals surface area contributed by atoms with Gasteiger partial charge in [0.15, 0.2) is 5.65 Å². The van der Waals surface area contributed by atoms with Gasteiger partial charge >= 0.3 is 0 Å². The first-order chi connectivity index (χ1) is 10.1. The highest BCUT2D eigenvalue weighted by Gasteiger charge is 2.08. The summed E-state index contributed by atoms with van der Waals surface area (Å²) in [6, 6.07) is 6.56. The quantitative estimate of drug-likeness (QED) is 0.770. The zero-order valence-corrected chi connectivity index (χ0v) is 13.7. The molecule has 3 rings (SSSR count). The number of aromatic nitrogens is 4. The smallest absolute Gasteiger partial charge is 0.171 e. The van der Waals surface area contributed by atoms with E-state index in [1.165, 1.54) is 5.69 Å². The van der Waals surface area contributed by atoms with Gasteiger partial charge in [0, 0.05) is 31.2 Å². The van der Waals surface area contributed by atoms with Crippen LogP contribution in [0, 0.1) is 0 Å². The third-order valence-electron chi connectivity index (χ3n) is 3.61. The van der Waals surface area contributed by atoms with Crippen molar-refractivity contribution in [1.82, 2.24) is 19.2 Å². The normalized spacial score (nSPS) is 12.7. The first-order valence-corrected chi connectivity index (χ1v) is 7.79. The minimum atomic E-state index is 0.358. The third kappa shape index (κ3) is 3.10. The molecule has 1 unspecified atom stereocenters. The Morgan fingerprint density at radius 1 is 1.33 bits per heavy atom. The fourth-order valence-electron chi connectivity index (χ4n) is 2.37. The average Bonchev–Trinajstić information content (AvgIpc) is 3.04. The summed E-state index contributed by atoms with van der Waals surface area (Å²) in [6.45, 7) is 2.18. The molecule has 0 bridgehead atoms. The topological polar surface area (TPSA) is 47.2 Å². The third-order valence-corrected chi connectivity index (χ3v) is 4.16. The summed E-state index contributed by atoms with van der Waals surface area (Å²) in [5, 5.41) is 7.65. The lowest BCUT2D eigenvalue weighted by Gasteiger charge is -2.14. The second-order valence-electron chi connectivity index (χ2n) is 5.27. The van der Waals surface area contributed by atoms with Gasteiger partial charge in [-0.05, 0) is 53.9 Å². The Labute approximate surface area is 132 Å². The Hall–Kier alpha value is -1.82. The van der Waals surface area contributed by atoms with Crippen molar-refractivity contribution in [3.63, 3.8) is 0 Å². The van der Waals surface area contributed by atoms with E-state index in [-0.39, 0.29) is 0 Å². The molecule has 0 amide bonds. The summed E-state index contributed by atoms with van der Waals surface area (Å²) in [5.74, 6) is 0.878. The molecule has 0 aromatic carbocycles. The van der Waals surface area contributed by atoms with Crippen molar-refractivity contribution in [3.05, 3.63) is 47.0 Å². The highest BCUT2D eigenvalue weighted by atomic mass is 79.9. The monoisotopic (exact) mass is 347 g/mol. The standard InChI is InChI=1S/C15H18BrN5/c1-11(5-6-12-4-3-8-20(12)2)18-14-7-9-21-15(19-14)13(16)10-17-21/h3-4,7-11H,5-6H2,1-2H3,(H,18,19). The number of rotatable bonds is 5. The molecule has 0 saturated carbocycles. The molecule has 0 saturated heterocycles. The van der Waals surface area contributed by atoms with Crippen LogP contribution in [0.15, 0.2) is 41.3 Å². The lowest BCUT2D eigenvalue weighted by Crippen LogP contribution is -2.17. The van der Waals surface area contributed by atoms with Crippen molar-refractivity contribution in [2.75, 3.05) is 5.32 Å². The molecule has 0 aliphatic rings. The van der Waals surface area contributed by atoms with E-state index in [1.54, 1.807) is 10.7 Å². The van der Waals surface area contributed by atoms with E-state index in [2.05, 4.69) is 68.2 Å². The first-order valence-electron chi connectivity index (χ1n) is 7.00. The van der Waals surface area contributed by atoms with Gasteiger partial charge in [0.25, 0.3) is 0 Å². The van der Waals surface area contributed by atoms with Crippen molar-refractivity contribution >= 4 is 27.4 Å². The van der Waals surface area contributed by atoms with Gasteiger partial charge in [-0.1, -0.05) is 0 Å². The zero-order chi connectivity index (χ0) is 14.8. The molecule has 3 heterocycles. The van der Waals surface area contributed by atoms with E-state index in [0.29, 0.717) is 6.04 Å². The summed E-state index contributed by atoms with van der Waals surface area (Å²) < 4.78 is 4.83. The summed E-state index contributed by atoms with van der Waals surface area (Å²) in [7, 11) is 2.08. The fraction of sp³-hybridized carbons (Fsp3) is 0.333. The van der Waals surface area contributed by atoms with Crippen LogP contribution in [0.4, 0.5) is 5.82 Å². The number of fused-ring (bicyclic) bond motifs is 1. The molecule has 21 heavy (non-hydrogen) atoms. The van der Waals surface area contributed by atoms with Crippen LogP contribution in [0.3, 0.4) is 0 Å². The van der Waals surface area contributed by atoms with Crippen LogP contribution in [-0.2, 0) is 13.5 Å². The molecular formula is C15H18BrN5. The maximum absolute atomic E-state index is 4.57. The molecule has 110 valence electrons. The van der Waals surface area contributed by atoms with Crippen molar-refractivity contribution in [2.24, 2.45) is 7.05 Å². The Balaban J connectivity index is 1.64. The van der Waals surface area contributed by atoms with Gasteiger partial charge < -0.3 is 9.88 Å². The SMILES string of the molecule is CC(CCc1cccn1C)Nc1ccn2ncc(Br)c2n1. The average molecular weight is 348 g/mol. The summed E-state index contributed by atoms with van der Waals surface area (Å²) in [4.78, 5) is 4.57. The van der Waals surface area contributed by atoms with E-state index in [4.69, 9.17) is 0 Å². The van der Waals surface area contributed by atoms with Crippen LogP contribution in [0.2, 0.25) is 0 Å². The number of halogens is 1. The maximum atomic E-state index is 4.57. The Bertz CT molecular complexity index is 745. The number of hydrogen-bond acceptors (Lipinski definition) is 3. The second kappa shape index (κ2) is 5.89. The van der Waals surface area contributed by atoms with Crippen LogP contribution in [0.1, 0.15) is 19.0 Å². The molecule has 0 aliphatic heterocycles. The predicted molar refractivity (Wildman–Crippen MR) is 87.5 cm³/mol. The molecule has 1 atom stereocenters. The summed E-state index contributed by atoms with van der Waals surface area (Å²) in [5.41, 5.74) is 2.18. The molecule has 5 nitrogen and oxygen atoms in total. The number of aryl methyl sites for hydroxylation is 2. The number of nitrogens with zero attached hydrogens (tertiary/aromatic N) is 4. The van der Waals surface area contributed by atoms with Gasteiger partial charge in [-0.2, -0.15) is 5.10 Å². The van der Waals surface area contributed by atoms with Crippen LogP contribution < -0.4 is 5.32 Å². The predicted octanol–water partition coefficient (Wildman–Crippen LogP) is 3.26. The van der Waals surface area contributed by atoms with E-state index >= 15 is 0 Å². The summed E-state index contributed by atoms with van der Waals surface area (Å²) in [6.07, 6.45) is 7.87. The van der Waals surface area contributed by atoms with Gasteiger partial charge in [0.1, 0.15) is 5.82 Å². The largest absolute Gasteiger partial charge is 0.367 e. The van der Waals surface area contributed by atoms with E-state index < -0.39 is 0 Å². The molecule has 0 spiro atoms. The van der Waals surface area contributed by atoms with Crippen molar-refractivity contribution in [1.29, 1.82) is 0 Å². The maximum Gasteiger partial charge on any atom is 0.171 e. The molecule has 3 aromatic rings. The molecule has 0 fully saturated rings. The van der Waals surface area contributed by atoms with Crippen molar-refractivity contribution < 1.29 is 0 Å². The molecule has 3 aromatic heterocycles. The lowest BCUT2D eigenvalue weighted by atomic mass is 10.1. The van der Waals surface area contributed by atoms with Crippen molar-refractivity contribution in [2.45, 2.75) is 25.8 Å². The van der Waals surface area contributed by atoms with Gasteiger partial charge in [-0.15, -0.1) is 0 Å². The Kier molecular flexibility index (Phi) is 3.96. The van der Waals surface area contributed by atoms with Gasteiger partial charge in [-0.25, -0.2) is 9.50 Å². The van der Waals surface area contributed by atoms with Crippen LogP contribution in [0.25, 0.3) is 5.65 Å².